The normalized spacial score (nSPS) is 20.9. The van der Waals surface area contributed by atoms with Crippen molar-refractivity contribution < 1.29 is 33.0 Å². The molecule has 2 unspecified atom stereocenters. The quantitative estimate of drug-likeness (QED) is 0.530. The van der Waals surface area contributed by atoms with Gasteiger partial charge in [-0.1, -0.05) is 29.0 Å². The Labute approximate surface area is 208 Å². The zero-order chi connectivity index (χ0) is 25.1. The molecular weight excluding hydrogens is 506 g/mol. The fourth-order valence-electron chi connectivity index (χ4n) is 3.85. The van der Waals surface area contributed by atoms with Crippen molar-refractivity contribution in [3.63, 3.8) is 0 Å². The predicted octanol–water partition coefficient (Wildman–Crippen LogP) is 2.77. The molecule has 0 amide bonds. The number of hydrogen-bond acceptors (Lipinski definition) is 9. The van der Waals surface area contributed by atoms with Crippen molar-refractivity contribution >= 4 is 40.7 Å². The van der Waals surface area contributed by atoms with Crippen molar-refractivity contribution in [2.75, 3.05) is 32.9 Å². The molecule has 4 rings (SSSR count). The number of nitrogens with one attached hydrogen (secondary N) is 1. The predicted molar refractivity (Wildman–Crippen MR) is 123 cm³/mol. The molecule has 1 saturated heterocycles. The molecule has 0 spiro atoms. The zero-order valence-electron chi connectivity index (χ0n) is 18.5. The summed E-state index contributed by atoms with van der Waals surface area (Å²) in [5.41, 5.74) is 0.695. The van der Waals surface area contributed by atoms with E-state index in [-0.39, 0.29) is 41.2 Å². The highest BCUT2D eigenvalue weighted by Crippen LogP contribution is 2.37. The fourth-order valence-corrected chi connectivity index (χ4v) is 4.71. The van der Waals surface area contributed by atoms with Gasteiger partial charge in [-0.3, -0.25) is 14.7 Å². The second-order valence-corrected chi connectivity index (χ2v) is 9.04. The Bertz CT molecular complexity index is 1200. The van der Waals surface area contributed by atoms with Crippen LogP contribution >= 0.6 is 22.9 Å². The lowest BCUT2D eigenvalue weighted by Crippen LogP contribution is -2.52. The van der Waals surface area contributed by atoms with Crippen LogP contribution in [0.4, 0.5) is 8.78 Å². The Hall–Kier alpha value is -2.93. The van der Waals surface area contributed by atoms with Gasteiger partial charge < -0.3 is 19.9 Å². The molecule has 2 aromatic rings. The topological polar surface area (TPSA) is 113 Å². The van der Waals surface area contributed by atoms with Crippen LogP contribution in [0.15, 0.2) is 40.7 Å². The van der Waals surface area contributed by atoms with Crippen LogP contribution in [0.5, 0.6) is 0 Å². The van der Waals surface area contributed by atoms with Crippen LogP contribution in [0.3, 0.4) is 0 Å². The highest BCUT2D eigenvalue weighted by Gasteiger charge is 2.37. The third-order valence-electron chi connectivity index (χ3n) is 5.44. The lowest BCUT2D eigenvalue weighted by molar-refractivity contribution is -0.149. The van der Waals surface area contributed by atoms with Gasteiger partial charge in [-0.15, -0.1) is 0 Å². The van der Waals surface area contributed by atoms with Crippen LogP contribution in [0, 0.1) is 10.9 Å². The summed E-state index contributed by atoms with van der Waals surface area (Å²) in [6.07, 6.45) is 1.04. The molecular formula is C22H21ClF2N4O5S. The van der Waals surface area contributed by atoms with Gasteiger partial charge in [0.2, 0.25) is 0 Å². The second-order valence-electron chi connectivity index (χ2n) is 7.65. The molecule has 0 aliphatic carbocycles. The summed E-state index contributed by atoms with van der Waals surface area (Å²) in [5, 5.41) is 12.4. The number of halogens is 3. The van der Waals surface area contributed by atoms with Crippen molar-refractivity contribution in [3.8, 4) is 0 Å². The van der Waals surface area contributed by atoms with E-state index in [1.165, 1.54) is 12.1 Å². The lowest BCUT2D eigenvalue weighted by atomic mass is 9.95. The number of aliphatic carboxylic acids is 1. The largest absolute Gasteiger partial charge is 0.480 e. The van der Waals surface area contributed by atoms with Gasteiger partial charge in [0.1, 0.15) is 17.9 Å². The van der Waals surface area contributed by atoms with Crippen molar-refractivity contribution in [1.29, 1.82) is 0 Å². The average molecular weight is 527 g/mol. The number of aliphatic imine (C=N–C) groups is 1. The molecule has 0 saturated carbocycles. The first-order valence-corrected chi connectivity index (χ1v) is 11.8. The first-order valence-electron chi connectivity index (χ1n) is 10.6. The van der Waals surface area contributed by atoms with E-state index in [1.807, 2.05) is 0 Å². The van der Waals surface area contributed by atoms with Crippen molar-refractivity contribution in [1.82, 2.24) is 15.2 Å². The molecule has 1 fully saturated rings. The maximum absolute atomic E-state index is 13.8. The Morgan fingerprint density at radius 1 is 1.40 bits per heavy atom. The molecule has 2 N–H and O–H groups in total. The number of thiazole rings is 1. The number of nitrogens with zero attached hydrogens (tertiary/aromatic N) is 3. The number of benzene rings is 1. The number of morpholine rings is 1. The van der Waals surface area contributed by atoms with Crippen molar-refractivity contribution in [2.45, 2.75) is 19.0 Å². The van der Waals surface area contributed by atoms with Crippen LogP contribution in [-0.2, 0) is 19.1 Å². The summed E-state index contributed by atoms with van der Waals surface area (Å²) in [4.78, 5) is 35.2. The number of rotatable bonds is 7. The maximum Gasteiger partial charge on any atom is 0.338 e. The molecule has 9 nitrogen and oxygen atoms in total. The minimum absolute atomic E-state index is 0.00331. The van der Waals surface area contributed by atoms with Crippen LogP contribution in [0.1, 0.15) is 23.5 Å². The SMILES string of the molecule is CCOC(=O)C1=C(CN2CCOCC2C(=O)O)NC(c2ncc(F)s2)=NC1c1ccc(F)cc1Cl. The average Bonchev–Trinajstić information content (AvgIpc) is 3.25. The van der Waals surface area contributed by atoms with Gasteiger partial charge >= 0.3 is 11.9 Å². The number of amidine groups is 1. The van der Waals surface area contributed by atoms with Gasteiger partial charge in [-0.25, -0.2) is 14.2 Å². The van der Waals surface area contributed by atoms with Crippen molar-refractivity contribution in [3.05, 3.63) is 62.2 Å². The van der Waals surface area contributed by atoms with Crippen LogP contribution in [0.2, 0.25) is 5.02 Å². The Kier molecular flexibility index (Phi) is 7.75. The van der Waals surface area contributed by atoms with Gasteiger partial charge in [0, 0.05) is 29.4 Å². The number of carboxylic acid groups (broad SMARTS) is 1. The smallest absolute Gasteiger partial charge is 0.338 e. The van der Waals surface area contributed by atoms with Gasteiger partial charge in [0.05, 0.1) is 31.6 Å². The third-order valence-corrected chi connectivity index (χ3v) is 6.56. The Morgan fingerprint density at radius 3 is 2.86 bits per heavy atom. The van der Waals surface area contributed by atoms with Crippen LogP contribution < -0.4 is 5.32 Å². The summed E-state index contributed by atoms with van der Waals surface area (Å²) in [6.45, 7) is 2.28. The second kappa shape index (κ2) is 10.8. The standard InChI is InChI=1S/C22H21ClF2N4O5S/c1-2-34-22(32)17-14(9-29-5-6-33-10-15(29)21(30)31)27-19(20-26-8-16(25)35-20)28-18(17)12-4-3-11(24)7-13(12)23/h3-4,7-8,15,18H,2,5-6,9-10H2,1H3,(H,27,28)(H,30,31). The van der Waals surface area contributed by atoms with E-state index >= 15 is 0 Å². The first kappa shape index (κ1) is 25.2. The van der Waals surface area contributed by atoms with E-state index in [4.69, 9.17) is 21.1 Å². The molecule has 0 radical (unpaired) electrons. The van der Waals surface area contributed by atoms with Gasteiger partial charge in [0.25, 0.3) is 0 Å². The van der Waals surface area contributed by atoms with E-state index in [1.54, 1.807) is 11.8 Å². The van der Waals surface area contributed by atoms with E-state index in [0.29, 0.717) is 24.4 Å². The molecule has 2 atom stereocenters. The molecule has 13 heteroatoms. The van der Waals surface area contributed by atoms with E-state index in [2.05, 4.69) is 15.3 Å². The van der Waals surface area contributed by atoms with Gasteiger partial charge in [0.15, 0.2) is 16.0 Å². The monoisotopic (exact) mass is 526 g/mol. The number of carboxylic acids is 1. The third kappa shape index (κ3) is 5.50. The van der Waals surface area contributed by atoms with Gasteiger partial charge in [-0.05, 0) is 19.1 Å². The summed E-state index contributed by atoms with van der Waals surface area (Å²) >= 11 is 7.07. The lowest BCUT2D eigenvalue weighted by Gasteiger charge is -2.35. The first-order chi connectivity index (χ1) is 16.8. The Morgan fingerprint density at radius 2 is 2.20 bits per heavy atom. The molecule has 1 aromatic carbocycles. The molecule has 2 aliphatic rings. The minimum atomic E-state index is -1.08. The molecule has 35 heavy (non-hydrogen) atoms. The number of ether oxygens (including phenoxy) is 2. The summed E-state index contributed by atoms with van der Waals surface area (Å²) in [7, 11) is 0. The van der Waals surface area contributed by atoms with Gasteiger partial charge in [-0.2, -0.15) is 4.39 Å². The molecule has 0 bridgehead atoms. The fraction of sp³-hybridized carbons (Fsp3) is 0.364. The highest BCUT2D eigenvalue weighted by molar-refractivity contribution is 7.12. The van der Waals surface area contributed by atoms with E-state index in [0.717, 1.165) is 23.6 Å². The summed E-state index contributed by atoms with van der Waals surface area (Å²) in [5.74, 6) is -2.19. The molecule has 186 valence electrons. The van der Waals surface area contributed by atoms with E-state index < -0.39 is 35.0 Å². The number of hydrogen-bond donors (Lipinski definition) is 2. The minimum Gasteiger partial charge on any atom is -0.480 e. The number of carbonyl (C=O) groups excluding carboxylic acids is 1. The van der Waals surface area contributed by atoms with Crippen molar-refractivity contribution in [2.24, 2.45) is 4.99 Å². The number of esters is 1. The number of carbonyl (C=O) groups is 2. The summed E-state index contributed by atoms with van der Waals surface area (Å²) in [6, 6.07) is 1.70. The molecule has 3 heterocycles. The maximum atomic E-state index is 13.8. The number of aromatic nitrogens is 1. The van der Waals surface area contributed by atoms with Crippen LogP contribution in [0.25, 0.3) is 0 Å². The summed E-state index contributed by atoms with van der Waals surface area (Å²) < 4.78 is 38.1. The zero-order valence-corrected chi connectivity index (χ0v) is 20.0. The van der Waals surface area contributed by atoms with E-state index in [9.17, 15) is 23.5 Å². The Balaban J connectivity index is 1.84. The highest BCUT2D eigenvalue weighted by atomic mass is 35.5. The molecule has 1 aromatic heterocycles. The van der Waals surface area contributed by atoms with Crippen LogP contribution in [-0.4, -0.2) is 71.7 Å². The molecule has 2 aliphatic heterocycles.